The Morgan fingerprint density at radius 1 is 1.00 bits per heavy atom. The third-order valence-corrected chi connectivity index (χ3v) is 0. The minimum atomic E-state index is -2.62. The normalized spacial score (nSPS) is 7.20. The zero-order chi connectivity index (χ0) is 3.58. The van der Waals surface area contributed by atoms with Crippen molar-refractivity contribution in [2.24, 2.45) is 0 Å². The van der Waals surface area contributed by atoms with Gasteiger partial charge >= 0.3 is 27.5 Å². The summed E-state index contributed by atoms with van der Waals surface area (Å²) in [7, 11) is -2.62. The number of hydrogen-bond donors (Lipinski definition) is 3. The average molecular weight is 89.9 g/mol. The van der Waals surface area contributed by atoms with Crippen LogP contribution in [0.1, 0.15) is 0 Å². The van der Waals surface area contributed by atoms with Crippen LogP contribution in [0.5, 0.6) is 0 Å². The van der Waals surface area contributed by atoms with Crippen LogP contribution in [-0.2, 0) is 0 Å². The molecule has 0 aromatic rings. The first-order valence-electron chi connectivity index (χ1n) is 0.600. The minimum absolute atomic E-state index is 0. The Morgan fingerprint density at radius 3 is 1.00 bits per heavy atom. The SMILES string of the molecule is OP(O)O.[LiH]. The van der Waals surface area contributed by atoms with Crippen molar-refractivity contribution in [2.75, 3.05) is 0 Å². The van der Waals surface area contributed by atoms with Gasteiger partial charge in [0.15, 0.2) is 0 Å². The monoisotopic (exact) mass is 90.0 g/mol. The van der Waals surface area contributed by atoms with Gasteiger partial charge in [-0.2, -0.15) is 0 Å². The van der Waals surface area contributed by atoms with Crippen LogP contribution in [0.3, 0.4) is 0 Å². The maximum absolute atomic E-state index is 7.23. The maximum atomic E-state index is 7.23. The summed E-state index contributed by atoms with van der Waals surface area (Å²) in [6.07, 6.45) is 0. The van der Waals surface area contributed by atoms with Gasteiger partial charge < -0.3 is 14.7 Å². The van der Waals surface area contributed by atoms with E-state index >= 15 is 0 Å². The topological polar surface area (TPSA) is 60.7 Å². The zero-order valence-corrected chi connectivity index (χ0v) is 2.68. The van der Waals surface area contributed by atoms with Crippen molar-refractivity contribution in [2.45, 2.75) is 0 Å². The van der Waals surface area contributed by atoms with E-state index in [4.69, 9.17) is 14.7 Å². The predicted octanol–water partition coefficient (Wildman–Crippen LogP) is -1.46. The molecular weight excluding hydrogens is 85.9 g/mol. The fourth-order valence-corrected chi connectivity index (χ4v) is 0. The van der Waals surface area contributed by atoms with E-state index in [1.165, 1.54) is 0 Å². The summed E-state index contributed by atoms with van der Waals surface area (Å²) >= 11 is 0. The molecule has 0 heterocycles. The van der Waals surface area contributed by atoms with Crippen molar-refractivity contribution in [3.05, 3.63) is 0 Å². The molecule has 0 bridgehead atoms. The van der Waals surface area contributed by atoms with Crippen LogP contribution in [0.4, 0.5) is 0 Å². The van der Waals surface area contributed by atoms with E-state index in [9.17, 15) is 0 Å². The molecule has 0 atom stereocenters. The summed E-state index contributed by atoms with van der Waals surface area (Å²) in [5.74, 6) is 0. The molecule has 0 saturated heterocycles. The summed E-state index contributed by atoms with van der Waals surface area (Å²) in [4.78, 5) is 21.7. The van der Waals surface area contributed by atoms with Gasteiger partial charge in [0.1, 0.15) is 0 Å². The van der Waals surface area contributed by atoms with Crippen LogP contribution < -0.4 is 0 Å². The van der Waals surface area contributed by atoms with E-state index < -0.39 is 8.60 Å². The Hall–Kier alpha value is 0.907. The van der Waals surface area contributed by atoms with Crippen LogP contribution >= 0.6 is 8.60 Å². The molecule has 5 heavy (non-hydrogen) atoms. The van der Waals surface area contributed by atoms with Crippen molar-refractivity contribution in [3.63, 3.8) is 0 Å². The van der Waals surface area contributed by atoms with Crippen molar-refractivity contribution in [1.29, 1.82) is 0 Å². The van der Waals surface area contributed by atoms with Gasteiger partial charge in [-0.05, 0) is 0 Å². The van der Waals surface area contributed by atoms with Gasteiger partial charge in [-0.1, -0.05) is 0 Å². The van der Waals surface area contributed by atoms with Crippen LogP contribution in [0.2, 0.25) is 0 Å². The molecule has 0 aliphatic carbocycles. The van der Waals surface area contributed by atoms with Crippen molar-refractivity contribution >= 4 is 27.5 Å². The molecule has 0 unspecified atom stereocenters. The van der Waals surface area contributed by atoms with Gasteiger partial charge in [-0.15, -0.1) is 0 Å². The molecule has 0 aromatic carbocycles. The summed E-state index contributed by atoms with van der Waals surface area (Å²) in [5, 5.41) is 0. The standard InChI is InChI=1S/Li.H3O3P.H/c;1-4(2)3;/h;1-3H;. The Bertz CT molecular complexity index is 11.6. The Kier molecular flexibility index (Phi) is 9.15. The molecule has 0 amide bonds. The first kappa shape index (κ1) is 9.32. The van der Waals surface area contributed by atoms with Crippen LogP contribution in [0.15, 0.2) is 0 Å². The van der Waals surface area contributed by atoms with Crippen molar-refractivity contribution in [3.8, 4) is 0 Å². The van der Waals surface area contributed by atoms with Crippen LogP contribution in [0, 0.1) is 0 Å². The summed E-state index contributed by atoms with van der Waals surface area (Å²) in [5.41, 5.74) is 0. The van der Waals surface area contributed by atoms with Crippen molar-refractivity contribution in [1.82, 2.24) is 0 Å². The summed E-state index contributed by atoms with van der Waals surface area (Å²) in [6, 6.07) is 0. The van der Waals surface area contributed by atoms with Gasteiger partial charge in [0.2, 0.25) is 0 Å². The molecule has 28 valence electrons. The van der Waals surface area contributed by atoms with Gasteiger partial charge in [-0.3, -0.25) is 0 Å². The first-order chi connectivity index (χ1) is 1.73. The van der Waals surface area contributed by atoms with E-state index in [1.807, 2.05) is 0 Å². The van der Waals surface area contributed by atoms with Gasteiger partial charge in [0.05, 0.1) is 0 Å². The summed E-state index contributed by atoms with van der Waals surface area (Å²) in [6.45, 7) is 0. The molecule has 0 aliphatic heterocycles. The molecule has 3 N–H and O–H groups in total. The second-order valence-electron chi connectivity index (χ2n) is 0.268. The Labute approximate surface area is 42.8 Å². The quantitative estimate of drug-likeness (QED) is 0.251. The molecule has 0 rings (SSSR count). The van der Waals surface area contributed by atoms with Crippen LogP contribution in [0.25, 0.3) is 0 Å². The molecule has 0 aliphatic rings. The van der Waals surface area contributed by atoms with E-state index in [-0.39, 0.29) is 18.9 Å². The van der Waals surface area contributed by atoms with E-state index in [0.29, 0.717) is 0 Å². The second-order valence-corrected chi connectivity index (χ2v) is 0.805. The Morgan fingerprint density at radius 2 is 1.00 bits per heavy atom. The molecule has 5 heteroatoms. The third kappa shape index (κ3) is 50.4. The fraction of sp³-hybridized carbons (Fsp3) is 0. The zero-order valence-electron chi connectivity index (χ0n) is 1.79. The third-order valence-electron chi connectivity index (χ3n) is 0. The van der Waals surface area contributed by atoms with Gasteiger partial charge in [-0.25, -0.2) is 0 Å². The molecule has 0 fully saturated rings. The Balaban J connectivity index is 0. The van der Waals surface area contributed by atoms with E-state index in [0.717, 1.165) is 0 Å². The molecule has 0 saturated carbocycles. The summed E-state index contributed by atoms with van der Waals surface area (Å²) < 4.78 is 0. The first-order valence-corrected chi connectivity index (χ1v) is 1.80. The molecule has 0 radical (unpaired) electrons. The van der Waals surface area contributed by atoms with Crippen molar-refractivity contribution < 1.29 is 14.7 Å². The molecule has 3 nitrogen and oxygen atoms in total. The van der Waals surface area contributed by atoms with Gasteiger partial charge in [0, 0.05) is 0 Å². The average Bonchev–Trinajstić information content (AvgIpc) is 0.811. The molecule has 0 spiro atoms. The van der Waals surface area contributed by atoms with Crippen LogP contribution in [-0.4, -0.2) is 33.5 Å². The van der Waals surface area contributed by atoms with E-state index in [1.54, 1.807) is 0 Å². The fourth-order valence-electron chi connectivity index (χ4n) is 0. The molecular formula is H4LiO3P. The molecule has 0 aromatic heterocycles. The van der Waals surface area contributed by atoms with Gasteiger partial charge in [0.25, 0.3) is 0 Å². The number of rotatable bonds is 0. The second kappa shape index (κ2) is 4.91. The predicted molar refractivity (Wildman–Crippen MR) is 20.7 cm³/mol. The van der Waals surface area contributed by atoms with E-state index in [2.05, 4.69) is 0 Å². The number of hydrogen-bond acceptors (Lipinski definition) is 3.